The van der Waals surface area contributed by atoms with Crippen molar-refractivity contribution in [2.75, 3.05) is 27.8 Å². The standard InChI is InChI=1S/C26H29FN2O3/c1-18(19-5-11-22(27)12-6-19)29(2)17-25(30)28-26(20-7-13-23(31-3)14-8-20)21-9-15-24(32-4)16-10-21/h5-16,18,26H,17H2,1-4H3,(H,28,30). The topological polar surface area (TPSA) is 50.8 Å². The maximum atomic E-state index is 13.2. The highest BCUT2D eigenvalue weighted by atomic mass is 19.1. The van der Waals surface area contributed by atoms with Crippen molar-refractivity contribution in [3.63, 3.8) is 0 Å². The van der Waals surface area contributed by atoms with Crippen LogP contribution in [0.3, 0.4) is 0 Å². The number of nitrogens with one attached hydrogen (secondary N) is 1. The summed E-state index contributed by atoms with van der Waals surface area (Å²) >= 11 is 0. The monoisotopic (exact) mass is 436 g/mol. The first kappa shape index (κ1) is 23.3. The van der Waals surface area contributed by atoms with E-state index in [4.69, 9.17) is 9.47 Å². The molecule has 1 N–H and O–H groups in total. The first-order valence-electron chi connectivity index (χ1n) is 10.4. The molecule has 0 saturated heterocycles. The number of methoxy groups -OCH3 is 2. The molecule has 0 saturated carbocycles. The highest BCUT2D eigenvalue weighted by Gasteiger charge is 2.20. The SMILES string of the molecule is COc1ccc(C(NC(=O)CN(C)C(C)c2ccc(F)cc2)c2ccc(OC)cc2)cc1. The smallest absolute Gasteiger partial charge is 0.234 e. The van der Waals surface area contributed by atoms with Crippen molar-refractivity contribution in [3.05, 3.63) is 95.3 Å². The molecule has 5 nitrogen and oxygen atoms in total. The van der Waals surface area contributed by atoms with Crippen molar-refractivity contribution in [2.45, 2.75) is 19.0 Å². The molecule has 1 amide bonds. The summed E-state index contributed by atoms with van der Waals surface area (Å²) in [4.78, 5) is 14.9. The fraction of sp³-hybridized carbons (Fsp3) is 0.269. The predicted molar refractivity (Wildman–Crippen MR) is 123 cm³/mol. The van der Waals surface area contributed by atoms with Crippen molar-refractivity contribution in [1.29, 1.82) is 0 Å². The van der Waals surface area contributed by atoms with E-state index in [1.807, 2.05) is 67.4 Å². The Kier molecular flexibility index (Phi) is 7.84. The molecular formula is C26H29FN2O3. The molecule has 6 heteroatoms. The van der Waals surface area contributed by atoms with Crippen LogP contribution in [0, 0.1) is 5.82 Å². The zero-order chi connectivity index (χ0) is 23.1. The number of rotatable bonds is 9. The number of ether oxygens (including phenoxy) is 2. The van der Waals surface area contributed by atoms with Crippen LogP contribution in [0.1, 0.15) is 35.7 Å². The molecule has 3 aromatic rings. The van der Waals surface area contributed by atoms with Crippen LogP contribution in [0.25, 0.3) is 0 Å². The van der Waals surface area contributed by atoms with Crippen LogP contribution in [0.15, 0.2) is 72.8 Å². The summed E-state index contributed by atoms with van der Waals surface area (Å²) < 4.78 is 23.7. The van der Waals surface area contributed by atoms with E-state index in [9.17, 15) is 9.18 Å². The largest absolute Gasteiger partial charge is 0.497 e. The molecule has 0 heterocycles. The lowest BCUT2D eigenvalue weighted by atomic mass is 9.98. The lowest BCUT2D eigenvalue weighted by Gasteiger charge is -2.26. The van der Waals surface area contributed by atoms with Gasteiger partial charge in [0.05, 0.1) is 26.8 Å². The number of halogens is 1. The van der Waals surface area contributed by atoms with Crippen molar-refractivity contribution in [2.24, 2.45) is 0 Å². The molecule has 0 aliphatic heterocycles. The number of nitrogens with zero attached hydrogens (tertiary/aromatic N) is 1. The molecule has 3 rings (SSSR count). The number of carbonyl (C=O) groups excluding carboxylic acids is 1. The van der Waals surface area contributed by atoms with E-state index in [1.54, 1.807) is 26.4 Å². The van der Waals surface area contributed by atoms with E-state index in [0.717, 1.165) is 28.2 Å². The third-order valence-electron chi connectivity index (χ3n) is 5.61. The van der Waals surface area contributed by atoms with Gasteiger partial charge >= 0.3 is 0 Å². The summed E-state index contributed by atoms with van der Waals surface area (Å²) in [6.45, 7) is 2.19. The first-order chi connectivity index (χ1) is 15.4. The zero-order valence-corrected chi connectivity index (χ0v) is 18.8. The van der Waals surface area contributed by atoms with E-state index < -0.39 is 0 Å². The first-order valence-corrected chi connectivity index (χ1v) is 10.4. The fourth-order valence-electron chi connectivity index (χ4n) is 3.52. The molecular weight excluding hydrogens is 407 g/mol. The van der Waals surface area contributed by atoms with E-state index >= 15 is 0 Å². The average molecular weight is 437 g/mol. The lowest BCUT2D eigenvalue weighted by Crippen LogP contribution is -2.38. The van der Waals surface area contributed by atoms with E-state index in [2.05, 4.69) is 5.32 Å². The second kappa shape index (κ2) is 10.8. The molecule has 0 fully saturated rings. The van der Waals surface area contributed by atoms with Crippen LogP contribution < -0.4 is 14.8 Å². The third-order valence-corrected chi connectivity index (χ3v) is 5.61. The second-order valence-corrected chi connectivity index (χ2v) is 7.69. The number of benzene rings is 3. The van der Waals surface area contributed by atoms with Gasteiger partial charge < -0.3 is 14.8 Å². The van der Waals surface area contributed by atoms with Crippen LogP contribution >= 0.6 is 0 Å². The van der Waals surface area contributed by atoms with Gasteiger partial charge in [0.2, 0.25) is 5.91 Å². The van der Waals surface area contributed by atoms with Gasteiger partial charge in [-0.3, -0.25) is 9.69 Å². The Morgan fingerprint density at radius 3 is 1.72 bits per heavy atom. The number of carbonyl (C=O) groups is 1. The Bertz CT molecular complexity index is 957. The van der Waals surface area contributed by atoms with E-state index in [0.29, 0.717) is 0 Å². The minimum absolute atomic E-state index is 0.0400. The normalized spacial score (nSPS) is 12.0. The van der Waals surface area contributed by atoms with Crippen LogP contribution in [0.4, 0.5) is 4.39 Å². The Labute approximate surface area is 188 Å². The van der Waals surface area contributed by atoms with Gasteiger partial charge in [0, 0.05) is 6.04 Å². The minimum atomic E-state index is -0.325. The molecule has 0 aliphatic rings. The van der Waals surface area contributed by atoms with Gasteiger partial charge in [-0.1, -0.05) is 36.4 Å². The zero-order valence-electron chi connectivity index (χ0n) is 18.8. The van der Waals surface area contributed by atoms with Crippen molar-refractivity contribution < 1.29 is 18.7 Å². The van der Waals surface area contributed by atoms with Crippen LogP contribution in [0.2, 0.25) is 0 Å². The number of likely N-dealkylation sites (N-methyl/N-ethyl adjacent to an activating group) is 1. The van der Waals surface area contributed by atoms with Crippen molar-refractivity contribution >= 4 is 5.91 Å². The molecule has 32 heavy (non-hydrogen) atoms. The van der Waals surface area contributed by atoms with Gasteiger partial charge in [-0.25, -0.2) is 4.39 Å². The molecule has 3 aromatic carbocycles. The van der Waals surface area contributed by atoms with E-state index in [-0.39, 0.29) is 30.4 Å². The Morgan fingerprint density at radius 1 is 0.844 bits per heavy atom. The maximum Gasteiger partial charge on any atom is 0.234 e. The van der Waals surface area contributed by atoms with Crippen LogP contribution in [-0.2, 0) is 4.79 Å². The highest BCUT2D eigenvalue weighted by Crippen LogP contribution is 2.26. The van der Waals surface area contributed by atoms with Crippen molar-refractivity contribution in [1.82, 2.24) is 10.2 Å². The number of hydrogen-bond donors (Lipinski definition) is 1. The molecule has 0 bridgehead atoms. The fourth-order valence-corrected chi connectivity index (χ4v) is 3.52. The average Bonchev–Trinajstić information content (AvgIpc) is 2.82. The van der Waals surface area contributed by atoms with Crippen LogP contribution in [0.5, 0.6) is 11.5 Å². The summed E-state index contributed by atoms with van der Waals surface area (Å²) in [6, 6.07) is 21.3. The molecule has 168 valence electrons. The summed E-state index contributed by atoms with van der Waals surface area (Å²) in [6.07, 6.45) is 0. The number of hydrogen-bond acceptors (Lipinski definition) is 4. The molecule has 1 unspecified atom stereocenters. The van der Waals surface area contributed by atoms with Gasteiger partial charge in [0.25, 0.3) is 0 Å². The van der Waals surface area contributed by atoms with Gasteiger partial charge in [-0.2, -0.15) is 0 Å². The Hall–Kier alpha value is -3.38. The quantitative estimate of drug-likeness (QED) is 0.526. The minimum Gasteiger partial charge on any atom is -0.497 e. The van der Waals surface area contributed by atoms with Gasteiger partial charge in [0.15, 0.2) is 0 Å². The molecule has 0 aromatic heterocycles. The Morgan fingerprint density at radius 2 is 1.28 bits per heavy atom. The predicted octanol–water partition coefficient (Wildman–Crippen LogP) is 4.74. The van der Waals surface area contributed by atoms with E-state index in [1.165, 1.54) is 12.1 Å². The molecule has 0 spiro atoms. The van der Waals surface area contributed by atoms with Gasteiger partial charge in [-0.15, -0.1) is 0 Å². The second-order valence-electron chi connectivity index (χ2n) is 7.69. The summed E-state index contributed by atoms with van der Waals surface area (Å²) in [5.74, 6) is 1.11. The molecule has 1 atom stereocenters. The summed E-state index contributed by atoms with van der Waals surface area (Å²) in [5, 5.41) is 3.15. The van der Waals surface area contributed by atoms with Gasteiger partial charge in [0.1, 0.15) is 17.3 Å². The highest BCUT2D eigenvalue weighted by molar-refractivity contribution is 5.79. The maximum absolute atomic E-state index is 13.2. The van der Waals surface area contributed by atoms with Gasteiger partial charge in [-0.05, 0) is 67.1 Å². The van der Waals surface area contributed by atoms with Crippen LogP contribution in [-0.4, -0.2) is 38.6 Å². The lowest BCUT2D eigenvalue weighted by molar-refractivity contribution is -0.122. The summed E-state index contributed by atoms with van der Waals surface area (Å²) in [5.41, 5.74) is 2.83. The summed E-state index contributed by atoms with van der Waals surface area (Å²) in [7, 11) is 5.12. The Balaban J connectivity index is 1.76. The molecule has 0 aliphatic carbocycles. The number of amides is 1. The molecule has 0 radical (unpaired) electrons. The third kappa shape index (κ3) is 5.86. The van der Waals surface area contributed by atoms with Crippen molar-refractivity contribution in [3.8, 4) is 11.5 Å².